The van der Waals surface area contributed by atoms with Crippen molar-refractivity contribution in [1.82, 2.24) is 0 Å². The number of amides is 1. The minimum atomic E-state index is -0.925. The minimum absolute atomic E-state index is 0.0420. The number of aromatic hydroxyl groups is 1. The first-order chi connectivity index (χ1) is 19.4. The highest BCUT2D eigenvalue weighted by molar-refractivity contribution is 6.51. The molecule has 200 valence electrons. The number of ketones is 1. The Morgan fingerprint density at radius 2 is 1.60 bits per heavy atom. The normalized spacial score (nSPS) is 17.9. The number of rotatable bonds is 5. The van der Waals surface area contributed by atoms with E-state index < -0.39 is 17.7 Å². The predicted molar refractivity (Wildman–Crippen MR) is 151 cm³/mol. The Balaban J connectivity index is 1.43. The first kappa shape index (κ1) is 25.1. The Hall–Kier alpha value is -5.24. The van der Waals surface area contributed by atoms with Crippen molar-refractivity contribution in [2.45, 2.75) is 6.04 Å². The molecule has 40 heavy (non-hydrogen) atoms. The van der Waals surface area contributed by atoms with E-state index in [9.17, 15) is 19.8 Å². The summed E-state index contributed by atoms with van der Waals surface area (Å²) in [6.07, 6.45) is 0. The quantitative estimate of drug-likeness (QED) is 0.194. The van der Waals surface area contributed by atoms with Crippen LogP contribution in [-0.2, 0) is 9.59 Å². The molecule has 8 heteroatoms. The Labute approximate surface area is 230 Å². The van der Waals surface area contributed by atoms with Gasteiger partial charge in [0, 0.05) is 18.3 Å². The summed E-state index contributed by atoms with van der Waals surface area (Å²) in [4.78, 5) is 30.3. The van der Waals surface area contributed by atoms with Crippen LogP contribution in [0.15, 0.2) is 103 Å². The number of anilines is 2. The summed E-state index contributed by atoms with van der Waals surface area (Å²) in [5, 5.41) is 21.4. The Morgan fingerprint density at radius 3 is 2.33 bits per heavy atom. The van der Waals surface area contributed by atoms with Crippen molar-refractivity contribution < 1.29 is 29.3 Å². The number of phenolic OH excluding ortho intramolecular Hbond substituents is 1. The van der Waals surface area contributed by atoms with Crippen LogP contribution in [0.2, 0.25) is 0 Å². The lowest BCUT2D eigenvalue weighted by atomic mass is 9.94. The number of likely N-dealkylation sites (N-methyl/N-ethyl adjacent to an activating group) is 1. The first-order valence-corrected chi connectivity index (χ1v) is 12.8. The van der Waals surface area contributed by atoms with E-state index in [1.165, 1.54) is 17.0 Å². The van der Waals surface area contributed by atoms with Gasteiger partial charge in [0.15, 0.2) is 0 Å². The number of carbonyl (C=O) groups excluding carboxylic acids is 2. The lowest BCUT2D eigenvalue weighted by Gasteiger charge is -2.28. The zero-order valence-electron chi connectivity index (χ0n) is 21.7. The van der Waals surface area contributed by atoms with Crippen LogP contribution in [0.4, 0.5) is 11.4 Å². The molecule has 2 aliphatic rings. The SMILES string of the molecule is CN1CCOc2ccc(/C(O)=C3/C(=O)C(=O)N(c4ccc(Oc5ccccc5)cc4)C3c3ccc(O)cc3)cc21. The van der Waals surface area contributed by atoms with Gasteiger partial charge in [-0.3, -0.25) is 14.5 Å². The largest absolute Gasteiger partial charge is 0.508 e. The van der Waals surface area contributed by atoms with Gasteiger partial charge >= 0.3 is 0 Å². The molecule has 0 saturated carbocycles. The summed E-state index contributed by atoms with van der Waals surface area (Å²) in [5.74, 6) is 0.0930. The molecule has 0 spiro atoms. The highest BCUT2D eigenvalue weighted by Gasteiger charge is 2.47. The van der Waals surface area contributed by atoms with Crippen LogP contribution in [0.1, 0.15) is 17.2 Å². The summed E-state index contributed by atoms with van der Waals surface area (Å²) >= 11 is 0. The second-order valence-electron chi connectivity index (χ2n) is 9.62. The van der Waals surface area contributed by atoms with Gasteiger partial charge in [-0.2, -0.15) is 0 Å². The molecule has 0 radical (unpaired) electrons. The van der Waals surface area contributed by atoms with Gasteiger partial charge in [-0.05, 0) is 72.3 Å². The fraction of sp³-hybridized carbons (Fsp3) is 0.125. The third kappa shape index (κ3) is 4.49. The van der Waals surface area contributed by atoms with Crippen LogP contribution in [0.25, 0.3) is 5.76 Å². The van der Waals surface area contributed by atoms with Gasteiger partial charge in [-0.25, -0.2) is 0 Å². The second-order valence-corrected chi connectivity index (χ2v) is 9.62. The molecule has 1 amide bonds. The number of benzene rings is 4. The highest BCUT2D eigenvalue weighted by atomic mass is 16.5. The van der Waals surface area contributed by atoms with E-state index in [-0.39, 0.29) is 17.1 Å². The fourth-order valence-corrected chi connectivity index (χ4v) is 5.02. The lowest BCUT2D eigenvalue weighted by Crippen LogP contribution is -2.29. The van der Waals surface area contributed by atoms with Crippen molar-refractivity contribution in [3.05, 3.63) is 114 Å². The number of para-hydroxylation sites is 1. The third-order valence-corrected chi connectivity index (χ3v) is 7.07. The topological polar surface area (TPSA) is 99.5 Å². The maximum Gasteiger partial charge on any atom is 0.300 e. The van der Waals surface area contributed by atoms with Crippen LogP contribution in [-0.4, -0.2) is 42.1 Å². The van der Waals surface area contributed by atoms with E-state index in [1.54, 1.807) is 54.6 Å². The van der Waals surface area contributed by atoms with Crippen LogP contribution in [0.3, 0.4) is 0 Å². The molecule has 4 aromatic rings. The minimum Gasteiger partial charge on any atom is -0.508 e. The average molecular weight is 535 g/mol. The summed E-state index contributed by atoms with van der Waals surface area (Å²) < 4.78 is 11.6. The van der Waals surface area contributed by atoms with Crippen LogP contribution in [0.5, 0.6) is 23.0 Å². The van der Waals surface area contributed by atoms with E-state index in [2.05, 4.69) is 0 Å². The number of carbonyl (C=O) groups is 2. The molecular weight excluding hydrogens is 508 g/mol. The second kappa shape index (κ2) is 10.1. The number of fused-ring (bicyclic) bond motifs is 1. The molecule has 2 heterocycles. The van der Waals surface area contributed by atoms with Gasteiger partial charge in [0.05, 0.1) is 23.8 Å². The zero-order valence-corrected chi connectivity index (χ0v) is 21.7. The molecule has 1 atom stereocenters. The molecule has 1 saturated heterocycles. The monoisotopic (exact) mass is 534 g/mol. The van der Waals surface area contributed by atoms with Crippen molar-refractivity contribution in [2.75, 3.05) is 30.0 Å². The summed E-state index contributed by atoms with van der Waals surface area (Å²) in [6, 6.07) is 26.6. The summed E-state index contributed by atoms with van der Waals surface area (Å²) in [5.41, 5.74) is 2.14. The molecule has 4 aromatic carbocycles. The molecule has 1 unspecified atom stereocenters. The highest BCUT2D eigenvalue weighted by Crippen LogP contribution is 2.44. The van der Waals surface area contributed by atoms with Gasteiger partial charge in [0.2, 0.25) is 0 Å². The molecule has 8 nitrogen and oxygen atoms in total. The summed E-state index contributed by atoms with van der Waals surface area (Å²) in [7, 11) is 1.92. The van der Waals surface area contributed by atoms with Gasteiger partial charge < -0.3 is 24.6 Å². The van der Waals surface area contributed by atoms with Crippen molar-refractivity contribution in [3.8, 4) is 23.0 Å². The van der Waals surface area contributed by atoms with Crippen molar-refractivity contribution >= 4 is 28.8 Å². The van der Waals surface area contributed by atoms with E-state index in [0.717, 1.165) is 5.69 Å². The van der Waals surface area contributed by atoms with Gasteiger partial charge in [-0.15, -0.1) is 0 Å². The van der Waals surface area contributed by atoms with E-state index in [0.29, 0.717) is 47.2 Å². The molecular formula is C32H26N2O6. The maximum absolute atomic E-state index is 13.5. The fourth-order valence-electron chi connectivity index (χ4n) is 5.02. The molecule has 0 aliphatic carbocycles. The van der Waals surface area contributed by atoms with Crippen molar-refractivity contribution in [1.29, 1.82) is 0 Å². The van der Waals surface area contributed by atoms with Crippen LogP contribution >= 0.6 is 0 Å². The molecule has 1 fully saturated rings. The lowest BCUT2D eigenvalue weighted by molar-refractivity contribution is -0.132. The smallest absolute Gasteiger partial charge is 0.300 e. The number of phenols is 1. The third-order valence-electron chi connectivity index (χ3n) is 7.07. The number of hydrogen-bond acceptors (Lipinski definition) is 7. The van der Waals surface area contributed by atoms with E-state index in [1.807, 2.05) is 42.3 Å². The predicted octanol–water partition coefficient (Wildman–Crippen LogP) is 5.64. The molecule has 0 bridgehead atoms. The Bertz CT molecular complexity index is 1610. The number of Topliss-reactive ketones (excluding diaryl/α,β-unsaturated/α-hetero) is 1. The van der Waals surface area contributed by atoms with Crippen molar-refractivity contribution in [3.63, 3.8) is 0 Å². The number of ether oxygens (including phenoxy) is 2. The standard InChI is InChI=1S/C32H26N2O6/c1-33-17-18-39-27-16-9-21(19-26(27)33)30(36)28-29(20-7-12-23(35)13-8-20)34(32(38)31(28)37)22-10-14-25(15-11-22)40-24-5-3-2-4-6-24/h2-16,19,29,35-36H,17-18H2,1H3/b30-28-. The molecule has 6 rings (SSSR count). The average Bonchev–Trinajstić information content (AvgIpc) is 3.24. The van der Waals surface area contributed by atoms with Crippen LogP contribution < -0.4 is 19.3 Å². The summed E-state index contributed by atoms with van der Waals surface area (Å²) in [6.45, 7) is 1.23. The molecule has 0 aromatic heterocycles. The van der Waals surface area contributed by atoms with E-state index in [4.69, 9.17) is 9.47 Å². The Kier molecular flexibility index (Phi) is 6.36. The van der Waals surface area contributed by atoms with E-state index >= 15 is 0 Å². The van der Waals surface area contributed by atoms with Crippen molar-refractivity contribution in [2.24, 2.45) is 0 Å². The number of nitrogens with zero attached hydrogens (tertiary/aromatic N) is 2. The molecule has 2 aliphatic heterocycles. The zero-order chi connectivity index (χ0) is 27.8. The maximum atomic E-state index is 13.5. The van der Waals surface area contributed by atoms with Gasteiger partial charge in [-0.1, -0.05) is 30.3 Å². The molecule has 2 N–H and O–H groups in total. The number of aliphatic hydroxyl groups excluding tert-OH is 1. The van der Waals surface area contributed by atoms with Gasteiger partial charge in [0.1, 0.15) is 35.4 Å². The Morgan fingerprint density at radius 1 is 0.900 bits per heavy atom. The van der Waals surface area contributed by atoms with Gasteiger partial charge in [0.25, 0.3) is 11.7 Å². The first-order valence-electron chi connectivity index (χ1n) is 12.8. The number of aliphatic hydroxyl groups is 1. The number of hydrogen-bond donors (Lipinski definition) is 2. The van der Waals surface area contributed by atoms with Crippen LogP contribution in [0, 0.1) is 0 Å².